The Labute approximate surface area is 239 Å². The van der Waals surface area contributed by atoms with Gasteiger partial charge in [0.05, 0.1) is 22.6 Å². The van der Waals surface area contributed by atoms with Crippen molar-refractivity contribution < 1.29 is 4.79 Å². The third-order valence-corrected chi connectivity index (χ3v) is 7.91. The van der Waals surface area contributed by atoms with Gasteiger partial charge in [0.15, 0.2) is 0 Å². The molecule has 202 valence electrons. The highest BCUT2D eigenvalue weighted by atomic mass is 35.5. The van der Waals surface area contributed by atoms with E-state index in [4.69, 9.17) is 16.6 Å². The summed E-state index contributed by atoms with van der Waals surface area (Å²) in [5, 5.41) is -0.347. The SMILES string of the molecule is Cc1ccc(-n2c(C(C)N(CCc3ccccc3)C(=O)C(Cl)c3ccccc3)nc3ccccc3c2=O)cc1C. The third-order valence-electron chi connectivity index (χ3n) is 7.47. The molecule has 0 N–H and O–H groups in total. The van der Waals surface area contributed by atoms with Gasteiger partial charge in [0.2, 0.25) is 5.91 Å². The molecule has 40 heavy (non-hydrogen) atoms. The van der Waals surface area contributed by atoms with Crippen molar-refractivity contribution in [2.24, 2.45) is 0 Å². The van der Waals surface area contributed by atoms with Crippen molar-refractivity contribution in [2.45, 2.75) is 38.6 Å². The Bertz CT molecular complexity index is 1700. The number of aryl methyl sites for hydroxylation is 2. The lowest BCUT2D eigenvalue weighted by Crippen LogP contribution is -2.40. The lowest BCUT2D eigenvalue weighted by atomic mass is 10.1. The van der Waals surface area contributed by atoms with E-state index in [0.717, 1.165) is 22.3 Å². The van der Waals surface area contributed by atoms with Gasteiger partial charge in [-0.3, -0.25) is 14.2 Å². The first-order chi connectivity index (χ1) is 19.3. The van der Waals surface area contributed by atoms with Crippen LogP contribution in [0.4, 0.5) is 0 Å². The van der Waals surface area contributed by atoms with E-state index in [1.807, 2.05) is 118 Å². The average Bonchev–Trinajstić information content (AvgIpc) is 2.99. The number of fused-ring (bicyclic) bond motifs is 1. The van der Waals surface area contributed by atoms with Gasteiger partial charge in [-0.1, -0.05) is 78.9 Å². The standard InChI is InChI=1S/C34H32ClN3O2/c1-23-18-19-28(22-24(23)2)38-32(36-30-17-11-10-16-29(30)33(38)39)25(3)37(21-20-26-12-6-4-7-13-26)34(40)31(35)27-14-8-5-9-15-27/h4-19,22,25,31H,20-21H2,1-3H3. The lowest BCUT2D eigenvalue weighted by molar-refractivity contribution is -0.133. The predicted molar refractivity (Wildman–Crippen MR) is 162 cm³/mol. The number of hydrogen-bond donors (Lipinski definition) is 0. The van der Waals surface area contributed by atoms with Crippen molar-refractivity contribution in [3.05, 3.63) is 142 Å². The molecule has 1 aromatic heterocycles. The van der Waals surface area contributed by atoms with Crippen LogP contribution in [0.25, 0.3) is 16.6 Å². The summed E-state index contributed by atoms with van der Waals surface area (Å²) in [5.41, 5.74) is 5.17. The minimum absolute atomic E-state index is 0.170. The van der Waals surface area contributed by atoms with Gasteiger partial charge in [0.1, 0.15) is 11.2 Å². The van der Waals surface area contributed by atoms with E-state index in [-0.39, 0.29) is 11.5 Å². The topological polar surface area (TPSA) is 55.2 Å². The van der Waals surface area contributed by atoms with Gasteiger partial charge in [0, 0.05) is 6.54 Å². The van der Waals surface area contributed by atoms with Crippen LogP contribution in [-0.2, 0) is 11.2 Å². The second kappa shape index (κ2) is 11.9. The summed E-state index contributed by atoms with van der Waals surface area (Å²) in [5.74, 6) is 0.260. The second-order valence-electron chi connectivity index (χ2n) is 10.1. The Hall–Kier alpha value is -4.22. The zero-order valence-electron chi connectivity index (χ0n) is 22.9. The number of rotatable bonds is 8. The highest BCUT2D eigenvalue weighted by molar-refractivity contribution is 6.30. The van der Waals surface area contributed by atoms with Gasteiger partial charge in [-0.15, -0.1) is 11.6 Å². The van der Waals surface area contributed by atoms with E-state index >= 15 is 0 Å². The maximum atomic E-state index is 14.1. The molecule has 6 heteroatoms. The summed E-state index contributed by atoms with van der Waals surface area (Å²) in [6, 6.07) is 32.1. The number of carbonyl (C=O) groups excluding carboxylic acids is 1. The molecule has 0 aliphatic heterocycles. The minimum Gasteiger partial charge on any atom is -0.331 e. The molecule has 2 unspecified atom stereocenters. The molecule has 0 saturated heterocycles. The quantitative estimate of drug-likeness (QED) is 0.194. The van der Waals surface area contributed by atoms with Crippen molar-refractivity contribution in [3.63, 3.8) is 0 Å². The van der Waals surface area contributed by atoms with Crippen LogP contribution in [0, 0.1) is 13.8 Å². The Morgan fingerprint density at radius 3 is 2.23 bits per heavy atom. The van der Waals surface area contributed by atoms with Crippen molar-refractivity contribution in [1.29, 1.82) is 0 Å². The fourth-order valence-electron chi connectivity index (χ4n) is 4.98. The zero-order chi connectivity index (χ0) is 28.2. The smallest absolute Gasteiger partial charge is 0.266 e. The summed E-state index contributed by atoms with van der Waals surface area (Å²) < 4.78 is 1.65. The zero-order valence-corrected chi connectivity index (χ0v) is 23.7. The molecule has 0 aliphatic rings. The highest BCUT2D eigenvalue weighted by Gasteiger charge is 2.31. The first-order valence-electron chi connectivity index (χ1n) is 13.5. The number of amides is 1. The molecule has 2 atom stereocenters. The van der Waals surface area contributed by atoms with E-state index < -0.39 is 11.4 Å². The van der Waals surface area contributed by atoms with Crippen LogP contribution < -0.4 is 5.56 Å². The normalized spacial score (nSPS) is 12.7. The maximum absolute atomic E-state index is 14.1. The number of aromatic nitrogens is 2. The van der Waals surface area contributed by atoms with Crippen LogP contribution in [0.3, 0.4) is 0 Å². The maximum Gasteiger partial charge on any atom is 0.266 e. The Morgan fingerprint density at radius 1 is 0.875 bits per heavy atom. The predicted octanol–water partition coefficient (Wildman–Crippen LogP) is 7.11. The van der Waals surface area contributed by atoms with Crippen molar-refractivity contribution in [1.82, 2.24) is 14.5 Å². The largest absolute Gasteiger partial charge is 0.331 e. The number of alkyl halides is 1. The van der Waals surface area contributed by atoms with Crippen LogP contribution in [0.1, 0.15) is 46.4 Å². The average molecular weight is 550 g/mol. The van der Waals surface area contributed by atoms with Crippen LogP contribution >= 0.6 is 11.6 Å². The monoisotopic (exact) mass is 549 g/mol. The van der Waals surface area contributed by atoms with Gasteiger partial charge in [-0.05, 0) is 73.7 Å². The second-order valence-corrected chi connectivity index (χ2v) is 10.5. The Balaban J connectivity index is 1.64. The Morgan fingerprint density at radius 2 is 1.52 bits per heavy atom. The number of carbonyl (C=O) groups is 1. The first kappa shape index (κ1) is 27.4. The minimum atomic E-state index is -0.873. The van der Waals surface area contributed by atoms with E-state index in [0.29, 0.717) is 35.4 Å². The molecule has 0 fully saturated rings. The fraction of sp³-hybridized carbons (Fsp3) is 0.206. The molecule has 1 amide bonds. The molecule has 0 saturated carbocycles. The molecule has 5 nitrogen and oxygen atoms in total. The third kappa shape index (κ3) is 5.56. The molecule has 0 radical (unpaired) electrons. The van der Waals surface area contributed by atoms with Gasteiger partial charge in [-0.2, -0.15) is 0 Å². The first-order valence-corrected chi connectivity index (χ1v) is 13.9. The summed E-state index contributed by atoms with van der Waals surface area (Å²) in [7, 11) is 0. The van der Waals surface area contributed by atoms with Crippen LogP contribution in [-0.4, -0.2) is 26.9 Å². The molecule has 0 spiro atoms. The van der Waals surface area contributed by atoms with Crippen molar-refractivity contribution in [3.8, 4) is 5.69 Å². The summed E-state index contributed by atoms with van der Waals surface area (Å²) >= 11 is 6.81. The van der Waals surface area contributed by atoms with Crippen LogP contribution in [0.15, 0.2) is 108 Å². The van der Waals surface area contributed by atoms with E-state index in [1.54, 1.807) is 15.5 Å². The Kier molecular flexibility index (Phi) is 8.13. The van der Waals surface area contributed by atoms with E-state index in [1.165, 1.54) is 0 Å². The summed E-state index contributed by atoms with van der Waals surface area (Å²) in [6.45, 7) is 6.40. The number of hydrogen-bond acceptors (Lipinski definition) is 3. The molecule has 4 aromatic carbocycles. The van der Waals surface area contributed by atoms with Crippen molar-refractivity contribution in [2.75, 3.05) is 6.54 Å². The van der Waals surface area contributed by atoms with E-state index in [2.05, 4.69) is 0 Å². The summed E-state index contributed by atoms with van der Waals surface area (Å²) in [4.78, 5) is 34.8. The number of para-hydroxylation sites is 1. The van der Waals surface area contributed by atoms with Gasteiger partial charge < -0.3 is 4.90 Å². The highest BCUT2D eigenvalue weighted by Crippen LogP contribution is 2.30. The lowest BCUT2D eigenvalue weighted by Gasteiger charge is -2.32. The number of halogens is 1. The van der Waals surface area contributed by atoms with Crippen molar-refractivity contribution >= 4 is 28.4 Å². The van der Waals surface area contributed by atoms with Gasteiger partial charge >= 0.3 is 0 Å². The van der Waals surface area contributed by atoms with Crippen LogP contribution in [0.5, 0.6) is 0 Å². The molecule has 5 rings (SSSR count). The number of benzene rings is 4. The molecule has 0 bridgehead atoms. The summed E-state index contributed by atoms with van der Waals surface area (Å²) in [6.07, 6.45) is 0.636. The molecular formula is C34H32ClN3O2. The molecular weight excluding hydrogens is 518 g/mol. The molecule has 5 aromatic rings. The van der Waals surface area contributed by atoms with E-state index in [9.17, 15) is 9.59 Å². The van der Waals surface area contributed by atoms with Gasteiger partial charge in [-0.25, -0.2) is 4.98 Å². The molecule has 1 heterocycles. The van der Waals surface area contributed by atoms with Gasteiger partial charge in [0.25, 0.3) is 5.56 Å². The fourth-order valence-corrected chi connectivity index (χ4v) is 5.25. The van der Waals surface area contributed by atoms with Crippen LogP contribution in [0.2, 0.25) is 0 Å². The molecule has 0 aliphatic carbocycles. The number of nitrogens with zero attached hydrogens (tertiary/aromatic N) is 3.